The van der Waals surface area contributed by atoms with Crippen LogP contribution in [-0.4, -0.2) is 19.4 Å². The molecule has 0 fully saturated rings. The van der Waals surface area contributed by atoms with E-state index in [0.717, 1.165) is 6.07 Å². The molecule has 1 amide bonds. The molecule has 0 bridgehead atoms. The van der Waals surface area contributed by atoms with Crippen molar-refractivity contribution in [2.45, 2.75) is 12.9 Å². The smallest absolute Gasteiger partial charge is 0.494 e. The molecule has 0 aromatic heterocycles. The van der Waals surface area contributed by atoms with Gasteiger partial charge in [-0.25, -0.2) is 0 Å². The van der Waals surface area contributed by atoms with Crippen molar-refractivity contribution in [3.05, 3.63) is 57.6 Å². The fraction of sp³-hybridized carbons (Fsp3) is 0.188. The van der Waals surface area contributed by atoms with Crippen molar-refractivity contribution in [3.63, 3.8) is 0 Å². The van der Waals surface area contributed by atoms with Crippen molar-refractivity contribution in [2.75, 3.05) is 7.11 Å². The number of benzene rings is 2. The topological polar surface area (TPSA) is 47.6 Å². The maximum atomic E-state index is 12.4. The molecule has 9 heteroatoms. The first-order chi connectivity index (χ1) is 11.7. The predicted molar refractivity (Wildman–Crippen MR) is 87.3 cm³/mol. The second kappa shape index (κ2) is 7.84. The third kappa shape index (κ3) is 5.17. The van der Waals surface area contributed by atoms with E-state index < -0.39 is 12.3 Å². The first kappa shape index (κ1) is 19.2. The van der Waals surface area contributed by atoms with E-state index in [4.69, 9.17) is 27.9 Å². The molecular formula is C16H12Cl2F3NO3. The number of nitrogens with one attached hydrogen (secondary N) is 1. The number of hydrogen-bond donors (Lipinski definition) is 1. The van der Waals surface area contributed by atoms with Crippen LogP contribution >= 0.6 is 23.2 Å². The number of para-hydroxylation sites is 1. The summed E-state index contributed by atoms with van der Waals surface area (Å²) >= 11 is 11.9. The summed E-state index contributed by atoms with van der Waals surface area (Å²) in [7, 11) is 1.38. The third-order valence-corrected chi connectivity index (χ3v) is 3.66. The van der Waals surface area contributed by atoms with E-state index in [1.165, 1.54) is 37.4 Å². The lowest BCUT2D eigenvalue weighted by Gasteiger charge is -2.14. The zero-order valence-electron chi connectivity index (χ0n) is 12.8. The van der Waals surface area contributed by atoms with Crippen molar-refractivity contribution in [1.82, 2.24) is 5.32 Å². The van der Waals surface area contributed by atoms with Gasteiger partial charge in [-0.1, -0.05) is 41.4 Å². The van der Waals surface area contributed by atoms with Crippen LogP contribution in [0.15, 0.2) is 36.4 Å². The zero-order valence-corrected chi connectivity index (χ0v) is 14.3. The number of amides is 1. The van der Waals surface area contributed by atoms with Crippen molar-refractivity contribution in [3.8, 4) is 11.5 Å². The van der Waals surface area contributed by atoms with Gasteiger partial charge in [-0.2, -0.15) is 0 Å². The van der Waals surface area contributed by atoms with E-state index in [1.54, 1.807) is 0 Å². The number of halogens is 5. The molecule has 0 atom stereocenters. The summed E-state index contributed by atoms with van der Waals surface area (Å²) in [6.07, 6.45) is -4.82. The van der Waals surface area contributed by atoms with Crippen LogP contribution in [0.3, 0.4) is 0 Å². The Bertz CT molecular complexity index is 758. The average molecular weight is 394 g/mol. The molecule has 134 valence electrons. The van der Waals surface area contributed by atoms with Gasteiger partial charge in [-0.05, 0) is 18.2 Å². The van der Waals surface area contributed by atoms with Gasteiger partial charge in [0.25, 0.3) is 5.91 Å². The van der Waals surface area contributed by atoms with Crippen LogP contribution in [0.25, 0.3) is 0 Å². The molecule has 0 saturated heterocycles. The molecule has 0 saturated carbocycles. The summed E-state index contributed by atoms with van der Waals surface area (Å²) in [4.78, 5) is 12.2. The number of methoxy groups -OCH3 is 1. The number of alkyl halides is 3. The molecule has 2 aromatic rings. The fourth-order valence-electron chi connectivity index (χ4n) is 2.04. The van der Waals surface area contributed by atoms with E-state index in [2.05, 4.69) is 10.1 Å². The lowest BCUT2D eigenvalue weighted by atomic mass is 10.1. The van der Waals surface area contributed by atoms with Gasteiger partial charge in [0.05, 0.1) is 17.2 Å². The largest absolute Gasteiger partial charge is 0.573 e. The molecule has 2 aromatic carbocycles. The maximum Gasteiger partial charge on any atom is 0.573 e. The summed E-state index contributed by atoms with van der Waals surface area (Å²) < 4.78 is 46.1. The van der Waals surface area contributed by atoms with Gasteiger partial charge in [0.15, 0.2) is 5.75 Å². The highest BCUT2D eigenvalue weighted by molar-refractivity contribution is 6.37. The maximum absolute atomic E-state index is 12.4. The first-order valence-corrected chi connectivity index (χ1v) is 7.61. The number of ether oxygens (including phenoxy) is 2. The normalized spacial score (nSPS) is 11.1. The van der Waals surface area contributed by atoms with E-state index in [1.807, 2.05) is 0 Å². The lowest BCUT2D eigenvalue weighted by Crippen LogP contribution is -2.24. The second-order valence-corrected chi connectivity index (χ2v) is 5.63. The predicted octanol–water partition coefficient (Wildman–Crippen LogP) is 4.83. The van der Waals surface area contributed by atoms with E-state index in [-0.39, 0.29) is 39.2 Å². The van der Waals surface area contributed by atoms with Crippen LogP contribution in [-0.2, 0) is 6.54 Å². The minimum Gasteiger partial charge on any atom is -0.494 e. The molecule has 0 aliphatic carbocycles. The summed E-state index contributed by atoms with van der Waals surface area (Å²) in [5.41, 5.74) is 0.309. The van der Waals surface area contributed by atoms with Gasteiger partial charge in [-0.3, -0.25) is 4.79 Å². The molecule has 2 rings (SSSR count). The van der Waals surface area contributed by atoms with Crippen LogP contribution in [0.2, 0.25) is 10.0 Å². The molecular weight excluding hydrogens is 382 g/mol. The Morgan fingerprint density at radius 2 is 1.76 bits per heavy atom. The van der Waals surface area contributed by atoms with Crippen LogP contribution in [0.1, 0.15) is 15.9 Å². The Kier molecular flexibility index (Phi) is 6.02. The monoisotopic (exact) mass is 393 g/mol. The number of carbonyl (C=O) groups excluding carboxylic acids is 1. The highest BCUT2D eigenvalue weighted by Crippen LogP contribution is 2.34. The van der Waals surface area contributed by atoms with Gasteiger partial charge in [0.2, 0.25) is 0 Å². The quantitative estimate of drug-likeness (QED) is 0.791. The van der Waals surface area contributed by atoms with Crippen LogP contribution in [0.4, 0.5) is 13.2 Å². The minimum atomic E-state index is -4.82. The number of rotatable bonds is 5. The molecule has 0 aliphatic heterocycles. The molecule has 4 nitrogen and oxygen atoms in total. The molecule has 0 aliphatic rings. The van der Waals surface area contributed by atoms with Gasteiger partial charge in [-0.15, -0.1) is 13.2 Å². The second-order valence-electron chi connectivity index (χ2n) is 4.81. The molecule has 1 N–H and O–H groups in total. The lowest BCUT2D eigenvalue weighted by molar-refractivity contribution is -0.274. The summed E-state index contributed by atoms with van der Waals surface area (Å²) in [5.74, 6) is -0.724. The summed E-state index contributed by atoms with van der Waals surface area (Å²) in [5, 5.41) is 2.77. The SMILES string of the molecule is COc1c(Cl)cc(C(=O)NCc2ccccc2OC(F)(F)F)cc1Cl. The van der Waals surface area contributed by atoms with Crippen molar-refractivity contribution in [1.29, 1.82) is 0 Å². The molecule has 0 heterocycles. The Morgan fingerprint density at radius 3 is 2.32 bits per heavy atom. The number of hydrogen-bond acceptors (Lipinski definition) is 3. The van der Waals surface area contributed by atoms with Crippen molar-refractivity contribution in [2.24, 2.45) is 0 Å². The molecule has 0 spiro atoms. The van der Waals surface area contributed by atoms with Crippen LogP contribution < -0.4 is 14.8 Å². The van der Waals surface area contributed by atoms with E-state index in [9.17, 15) is 18.0 Å². The molecule has 0 unspecified atom stereocenters. The fourth-order valence-corrected chi connectivity index (χ4v) is 2.68. The minimum absolute atomic E-state index is 0.140. The first-order valence-electron chi connectivity index (χ1n) is 6.86. The van der Waals surface area contributed by atoms with Crippen molar-refractivity contribution < 1.29 is 27.4 Å². The number of carbonyl (C=O) groups is 1. The summed E-state index contributed by atoms with van der Waals surface area (Å²) in [6, 6.07) is 8.20. The zero-order chi connectivity index (χ0) is 18.6. The molecule has 25 heavy (non-hydrogen) atoms. The Hall–Kier alpha value is -2.12. The Balaban J connectivity index is 2.13. The Morgan fingerprint density at radius 1 is 1.16 bits per heavy atom. The van der Waals surface area contributed by atoms with Gasteiger partial charge >= 0.3 is 6.36 Å². The van der Waals surface area contributed by atoms with E-state index in [0.29, 0.717) is 0 Å². The Labute approximate surface area is 151 Å². The van der Waals surface area contributed by atoms with Gasteiger partial charge in [0, 0.05) is 17.7 Å². The van der Waals surface area contributed by atoms with Crippen LogP contribution in [0, 0.1) is 0 Å². The third-order valence-electron chi connectivity index (χ3n) is 3.10. The summed E-state index contributed by atoms with van der Waals surface area (Å²) in [6.45, 7) is -0.174. The average Bonchev–Trinajstić information content (AvgIpc) is 2.52. The van der Waals surface area contributed by atoms with Crippen molar-refractivity contribution >= 4 is 29.1 Å². The van der Waals surface area contributed by atoms with E-state index >= 15 is 0 Å². The van der Waals surface area contributed by atoms with Crippen LogP contribution in [0.5, 0.6) is 11.5 Å². The van der Waals surface area contributed by atoms with Gasteiger partial charge < -0.3 is 14.8 Å². The standard InChI is InChI=1S/C16H12Cl2F3NO3/c1-24-14-11(17)6-10(7-12(14)18)15(23)22-8-9-4-2-3-5-13(9)25-16(19,20)21/h2-7H,8H2,1H3,(H,22,23). The highest BCUT2D eigenvalue weighted by Gasteiger charge is 2.32. The highest BCUT2D eigenvalue weighted by atomic mass is 35.5. The van der Waals surface area contributed by atoms with Gasteiger partial charge in [0.1, 0.15) is 5.75 Å². The molecule has 0 radical (unpaired) electrons.